The van der Waals surface area contributed by atoms with Gasteiger partial charge in [-0.3, -0.25) is 0 Å². The van der Waals surface area contributed by atoms with Crippen molar-refractivity contribution in [2.24, 2.45) is 0 Å². The lowest BCUT2D eigenvalue weighted by Gasteiger charge is -2.28. The Bertz CT molecular complexity index is 2500. The maximum absolute atomic E-state index is 7.26. The van der Waals surface area contributed by atoms with Gasteiger partial charge in [0.25, 0.3) is 0 Å². The molecule has 1 aromatic heterocycles. The van der Waals surface area contributed by atoms with Crippen molar-refractivity contribution in [3.63, 3.8) is 0 Å². The van der Waals surface area contributed by atoms with Crippen molar-refractivity contribution >= 4 is 73.0 Å². The standard InChI is InChI=1S/C45H35O2P/c1-29(35-21-19-31-11-3-5-15-37(31)27-35)45(30(2)36-22-20-32-12-4-6-16-38(32)28-36)48-46-41-25-23-33-13-7-9-17-39(33)43(41)44-40-18-10-8-14-34(40)24-26-42(44)47-48/h3-30,45H,1-2H3/t29-,30-/m0/s1. The van der Waals surface area contributed by atoms with Crippen molar-refractivity contribution in [1.82, 2.24) is 0 Å². The van der Waals surface area contributed by atoms with Gasteiger partial charge in [0.1, 0.15) is 11.2 Å². The van der Waals surface area contributed by atoms with E-state index in [1.54, 1.807) is 0 Å². The van der Waals surface area contributed by atoms with E-state index in [4.69, 9.17) is 8.39 Å². The molecule has 0 radical (unpaired) electrons. The van der Waals surface area contributed by atoms with Gasteiger partial charge in [-0.05, 0) is 78.2 Å². The van der Waals surface area contributed by atoms with Crippen LogP contribution < -0.4 is 0 Å². The molecule has 9 aromatic rings. The van der Waals surface area contributed by atoms with E-state index in [1.165, 1.54) is 54.2 Å². The summed E-state index contributed by atoms with van der Waals surface area (Å²) in [5.74, 6) is 0.293. The molecule has 3 heteroatoms. The highest BCUT2D eigenvalue weighted by Gasteiger charge is 2.33. The Kier molecular flexibility index (Phi) is 7.07. The summed E-state index contributed by atoms with van der Waals surface area (Å²) >= 11 is 0. The molecule has 0 aliphatic heterocycles. The molecule has 0 aliphatic carbocycles. The molecule has 0 spiro atoms. The summed E-state index contributed by atoms with van der Waals surface area (Å²) in [6.45, 7) is 4.71. The number of benzene rings is 8. The number of fused-ring (bicyclic) bond motifs is 9. The molecule has 9 rings (SSSR count). The monoisotopic (exact) mass is 638 g/mol. The lowest BCUT2D eigenvalue weighted by Crippen LogP contribution is -2.11. The maximum atomic E-state index is 7.26. The molecule has 2 atom stereocenters. The lowest BCUT2D eigenvalue weighted by atomic mass is 9.85. The molecule has 2 nitrogen and oxygen atoms in total. The van der Waals surface area contributed by atoms with Gasteiger partial charge in [-0.2, -0.15) is 0 Å². The molecule has 0 amide bonds. The molecular formula is C45H35O2P. The summed E-state index contributed by atoms with van der Waals surface area (Å²) < 4.78 is 14.5. The summed E-state index contributed by atoms with van der Waals surface area (Å²) in [6.07, 6.45) is 0. The smallest absolute Gasteiger partial charge is 0.221 e. The fourth-order valence-electron chi connectivity index (χ4n) is 7.68. The SMILES string of the molecule is C[C@@H](c1ccc2ccccc2c1)C([C@@H](C)c1ccc2ccccc2c1)p1oc2ccc3ccccc3c2c2c(ccc3ccccc32)o1. The van der Waals surface area contributed by atoms with Gasteiger partial charge >= 0.3 is 0 Å². The van der Waals surface area contributed by atoms with Crippen LogP contribution in [0.5, 0.6) is 0 Å². The van der Waals surface area contributed by atoms with Crippen molar-refractivity contribution in [1.29, 1.82) is 0 Å². The topological polar surface area (TPSA) is 26.3 Å². The van der Waals surface area contributed by atoms with Crippen LogP contribution in [0.3, 0.4) is 0 Å². The van der Waals surface area contributed by atoms with E-state index >= 15 is 0 Å². The van der Waals surface area contributed by atoms with Crippen LogP contribution in [0, 0.1) is 0 Å². The second kappa shape index (κ2) is 11.7. The molecule has 0 bridgehead atoms. The molecule has 0 fully saturated rings. The highest BCUT2D eigenvalue weighted by atomic mass is 31.1. The van der Waals surface area contributed by atoms with E-state index in [9.17, 15) is 0 Å². The van der Waals surface area contributed by atoms with Crippen molar-refractivity contribution in [3.05, 3.63) is 169 Å². The minimum Gasteiger partial charge on any atom is -0.419 e. The molecule has 0 saturated heterocycles. The molecule has 0 saturated carbocycles. The molecule has 48 heavy (non-hydrogen) atoms. The van der Waals surface area contributed by atoms with Crippen LogP contribution in [-0.2, 0) is 0 Å². The van der Waals surface area contributed by atoms with Gasteiger partial charge in [-0.15, -0.1) is 0 Å². The van der Waals surface area contributed by atoms with Crippen LogP contribution in [0.4, 0.5) is 0 Å². The van der Waals surface area contributed by atoms with Crippen LogP contribution in [0.25, 0.3) is 65.0 Å². The first-order valence-corrected chi connectivity index (χ1v) is 18.0. The van der Waals surface area contributed by atoms with E-state index in [1.807, 2.05) is 0 Å². The fourth-order valence-corrected chi connectivity index (χ4v) is 9.73. The highest BCUT2D eigenvalue weighted by Crippen LogP contribution is 2.57. The Morgan fingerprint density at radius 3 is 1.23 bits per heavy atom. The predicted molar refractivity (Wildman–Crippen MR) is 205 cm³/mol. The molecule has 0 N–H and O–H groups in total. The Morgan fingerprint density at radius 2 is 0.771 bits per heavy atom. The Morgan fingerprint density at radius 1 is 0.396 bits per heavy atom. The third-order valence-electron chi connectivity index (χ3n) is 10.3. The van der Waals surface area contributed by atoms with Gasteiger partial charge in [0.2, 0.25) is 8.01 Å². The van der Waals surface area contributed by atoms with Crippen molar-refractivity contribution < 1.29 is 8.39 Å². The second-order valence-corrected chi connectivity index (χ2v) is 14.6. The molecule has 0 unspecified atom stereocenters. The van der Waals surface area contributed by atoms with Crippen LogP contribution in [0.15, 0.2) is 166 Å². The predicted octanol–water partition coefficient (Wildman–Crippen LogP) is 14.1. The first kappa shape index (κ1) is 28.9. The van der Waals surface area contributed by atoms with E-state index in [2.05, 4.69) is 172 Å². The molecule has 232 valence electrons. The Hall–Kier alpha value is -5.30. The van der Waals surface area contributed by atoms with Crippen LogP contribution in [-0.4, -0.2) is 0 Å². The zero-order valence-corrected chi connectivity index (χ0v) is 27.9. The van der Waals surface area contributed by atoms with Gasteiger partial charge in [-0.1, -0.05) is 159 Å². The maximum Gasteiger partial charge on any atom is 0.221 e. The van der Waals surface area contributed by atoms with E-state index in [0.29, 0.717) is 0 Å². The van der Waals surface area contributed by atoms with Crippen molar-refractivity contribution in [2.75, 3.05) is 0 Å². The average molecular weight is 639 g/mol. The quantitative estimate of drug-likeness (QED) is 0.187. The zero-order valence-electron chi connectivity index (χ0n) is 27.0. The largest absolute Gasteiger partial charge is 0.419 e. The molecule has 8 aromatic carbocycles. The van der Waals surface area contributed by atoms with Crippen LogP contribution in [0.1, 0.15) is 42.5 Å². The Labute approximate surface area is 280 Å². The summed E-state index contributed by atoms with van der Waals surface area (Å²) in [4.78, 5) is 0. The summed E-state index contributed by atoms with van der Waals surface area (Å²) in [5, 5.41) is 12.0. The molecule has 0 aliphatic rings. The lowest BCUT2D eigenvalue weighted by molar-refractivity contribution is 0.514. The molecule has 1 heterocycles. The van der Waals surface area contributed by atoms with Crippen LogP contribution in [0.2, 0.25) is 0 Å². The van der Waals surface area contributed by atoms with E-state index in [0.717, 1.165) is 21.9 Å². The van der Waals surface area contributed by atoms with Crippen molar-refractivity contribution in [3.8, 4) is 0 Å². The van der Waals surface area contributed by atoms with Gasteiger partial charge < -0.3 is 8.39 Å². The highest BCUT2D eigenvalue weighted by molar-refractivity contribution is 7.37. The van der Waals surface area contributed by atoms with Gasteiger partial charge in [0, 0.05) is 10.8 Å². The summed E-state index contributed by atoms with van der Waals surface area (Å²) in [6, 6.07) is 57.0. The van der Waals surface area contributed by atoms with Crippen molar-refractivity contribution in [2.45, 2.75) is 31.3 Å². The normalized spacial score (nSPS) is 13.2. The van der Waals surface area contributed by atoms with Crippen LogP contribution >= 0.6 is 8.01 Å². The Balaban J connectivity index is 1.35. The number of rotatable bonds is 5. The minimum atomic E-state index is -1.46. The van der Waals surface area contributed by atoms with E-state index < -0.39 is 8.01 Å². The third kappa shape index (κ3) is 4.88. The third-order valence-corrected chi connectivity index (χ3v) is 12.4. The first-order chi connectivity index (χ1) is 23.6. The molecular weight excluding hydrogens is 603 g/mol. The fraction of sp³-hybridized carbons (Fsp3) is 0.111. The minimum absolute atomic E-state index is 0.0408. The average Bonchev–Trinajstić information content (AvgIpc) is 3.31. The summed E-state index contributed by atoms with van der Waals surface area (Å²) in [5.41, 5.74) is 4.40. The van der Waals surface area contributed by atoms with Gasteiger partial charge in [0.05, 0.1) is 5.66 Å². The van der Waals surface area contributed by atoms with Gasteiger partial charge in [-0.25, -0.2) is 0 Å². The van der Waals surface area contributed by atoms with E-state index in [-0.39, 0.29) is 17.5 Å². The number of hydrogen-bond acceptors (Lipinski definition) is 2. The zero-order chi connectivity index (χ0) is 32.2. The summed E-state index contributed by atoms with van der Waals surface area (Å²) in [7, 11) is -1.46. The second-order valence-electron chi connectivity index (χ2n) is 13.1. The van der Waals surface area contributed by atoms with Gasteiger partial charge in [0.15, 0.2) is 0 Å². The number of hydrogen-bond donors (Lipinski definition) is 0. The first-order valence-electron chi connectivity index (χ1n) is 16.8.